The van der Waals surface area contributed by atoms with Crippen LogP contribution < -0.4 is 36.3 Å². The summed E-state index contributed by atoms with van der Waals surface area (Å²) >= 11 is 5.99. The van der Waals surface area contributed by atoms with Crippen LogP contribution in [0, 0.1) is 0 Å². The number of rotatable bonds is 5. The molecule has 118 valence electrons. The van der Waals surface area contributed by atoms with E-state index in [2.05, 4.69) is 72.8 Å². The predicted molar refractivity (Wildman–Crippen MR) is 98.7 cm³/mol. The third kappa shape index (κ3) is 3.29. The zero-order valence-corrected chi connectivity index (χ0v) is 16.8. The summed E-state index contributed by atoms with van der Waals surface area (Å²) in [7, 11) is 4.19. The first-order valence-electron chi connectivity index (χ1n) is 7.08. The summed E-state index contributed by atoms with van der Waals surface area (Å²) in [5.41, 5.74) is 0. The third-order valence-corrected chi connectivity index (χ3v) is 13.0. The van der Waals surface area contributed by atoms with E-state index in [1.54, 1.807) is 0 Å². The van der Waals surface area contributed by atoms with E-state index in [4.69, 9.17) is 20.7 Å². The molecule has 0 bridgehead atoms. The Hall–Kier alpha value is -0.640. The molecule has 0 saturated heterocycles. The summed E-state index contributed by atoms with van der Waals surface area (Å²) in [5.74, 6) is 0. The van der Waals surface area contributed by atoms with E-state index in [1.165, 1.54) is 15.9 Å². The van der Waals surface area contributed by atoms with Crippen LogP contribution in [0.15, 0.2) is 91.0 Å². The maximum absolute atomic E-state index is 6.79. The van der Waals surface area contributed by atoms with Gasteiger partial charge >= 0.3 is 158 Å². The van der Waals surface area contributed by atoms with Crippen molar-refractivity contribution in [3.05, 3.63) is 91.0 Å². The molecule has 0 aliphatic carbocycles. The van der Waals surface area contributed by atoms with Crippen LogP contribution in [-0.2, 0) is 0 Å². The Balaban J connectivity index is 2.35. The van der Waals surface area contributed by atoms with Crippen LogP contribution in [0.2, 0.25) is 0 Å². The molecule has 0 spiro atoms. The van der Waals surface area contributed by atoms with Gasteiger partial charge in [-0.1, -0.05) is 0 Å². The molecular weight excluding hydrogens is 459 g/mol. The van der Waals surface area contributed by atoms with Gasteiger partial charge in [-0.05, 0) is 0 Å². The summed E-state index contributed by atoms with van der Waals surface area (Å²) in [5, 5.41) is 3.65. The maximum atomic E-state index is 6.79. The van der Waals surface area contributed by atoms with Gasteiger partial charge in [-0.2, -0.15) is 0 Å². The molecule has 0 saturated carbocycles. The number of hydrogen-bond donors (Lipinski definition) is 0. The van der Waals surface area contributed by atoms with Crippen molar-refractivity contribution in [1.29, 1.82) is 0 Å². The summed E-state index contributed by atoms with van der Waals surface area (Å²) in [6.45, 7) is 0. The average Bonchev–Trinajstić information content (AvgIpc) is 2.65. The molecule has 0 N–H and O–H groups in total. The fraction of sp³-hybridized carbons (Fsp3) is 0. The van der Waals surface area contributed by atoms with Crippen LogP contribution in [0.25, 0.3) is 0 Å². The summed E-state index contributed by atoms with van der Waals surface area (Å²) in [4.78, 5) is 0. The van der Waals surface area contributed by atoms with Crippen LogP contribution in [0.3, 0.4) is 0 Å². The van der Waals surface area contributed by atoms with Crippen LogP contribution in [0.5, 0.6) is 0 Å². The van der Waals surface area contributed by atoms with Gasteiger partial charge in [0.1, 0.15) is 0 Å². The normalized spacial score (nSPS) is 11.8. The topological polar surface area (TPSA) is 3.24 Å². The molecule has 0 unspecified atom stereocenters. The Morgan fingerprint density at radius 1 is 0.609 bits per heavy atom. The fourth-order valence-electron chi connectivity index (χ4n) is 2.68. The molecule has 23 heavy (non-hydrogen) atoms. The van der Waals surface area contributed by atoms with Gasteiger partial charge in [0.25, 0.3) is 0 Å². The van der Waals surface area contributed by atoms with Gasteiger partial charge in [0.15, 0.2) is 0 Å². The van der Waals surface area contributed by atoms with Crippen molar-refractivity contribution in [3.63, 3.8) is 0 Å². The number of nitrogens with zero attached hydrogens (tertiary/aromatic N) is 1. The quantitative estimate of drug-likeness (QED) is 0.308. The van der Waals surface area contributed by atoms with Crippen molar-refractivity contribution in [2.75, 3.05) is 0 Å². The fourth-order valence-corrected chi connectivity index (χ4v) is 11.5. The van der Waals surface area contributed by atoms with E-state index >= 15 is 0 Å². The first-order valence-corrected chi connectivity index (χ1v) is 12.9. The number of benzene rings is 3. The summed E-state index contributed by atoms with van der Waals surface area (Å²) < 4.78 is 1.88. The molecule has 0 amide bonds. The molecule has 0 aromatic heterocycles. The van der Waals surface area contributed by atoms with Gasteiger partial charge in [-0.25, -0.2) is 0 Å². The van der Waals surface area contributed by atoms with Crippen molar-refractivity contribution < 1.29 is 20.4 Å². The Morgan fingerprint density at radius 3 is 1.17 bits per heavy atom. The second-order valence-corrected chi connectivity index (χ2v) is 12.2. The molecule has 1 nitrogen and oxygen atoms in total. The third-order valence-electron chi connectivity index (χ3n) is 3.67. The van der Waals surface area contributed by atoms with E-state index in [-0.39, 0.29) is 0 Å². The first-order chi connectivity index (χ1) is 11.3. The molecule has 0 radical (unpaired) electrons. The van der Waals surface area contributed by atoms with Crippen LogP contribution in [-0.4, -0.2) is 2.40 Å². The van der Waals surface area contributed by atoms with E-state index < -0.39 is 27.8 Å². The van der Waals surface area contributed by atoms with Crippen LogP contribution >= 0.6 is 28.1 Å². The molecule has 0 fully saturated rings. The Kier molecular flexibility index (Phi) is 5.95. The molecule has 3 rings (SSSR count). The predicted octanol–water partition coefficient (Wildman–Crippen LogP) is 1.51. The van der Waals surface area contributed by atoms with Gasteiger partial charge in [-0.15, -0.1) is 0 Å². The average molecular weight is 474 g/mol. The van der Waals surface area contributed by atoms with Crippen molar-refractivity contribution in [1.82, 2.24) is 2.40 Å². The number of hydrogen-bond acceptors (Lipinski definition) is 1. The Bertz CT molecular complexity index is 644. The van der Waals surface area contributed by atoms with Crippen LogP contribution in [0.1, 0.15) is 0 Å². The van der Waals surface area contributed by atoms with E-state index in [0.29, 0.717) is 0 Å². The van der Waals surface area contributed by atoms with Gasteiger partial charge in [0.2, 0.25) is 0 Å². The second kappa shape index (κ2) is 7.96. The van der Waals surface area contributed by atoms with Gasteiger partial charge in [-0.3, -0.25) is 0 Å². The molecule has 0 heterocycles. The van der Waals surface area contributed by atoms with Crippen molar-refractivity contribution in [2.24, 2.45) is 0 Å². The van der Waals surface area contributed by atoms with E-state index in [1.807, 2.05) is 20.6 Å². The Labute approximate surface area is 157 Å². The van der Waals surface area contributed by atoms with Crippen molar-refractivity contribution in [2.45, 2.75) is 0 Å². The second-order valence-electron chi connectivity index (χ2n) is 4.92. The molecule has 5 heteroatoms. The van der Waals surface area contributed by atoms with Gasteiger partial charge in [0.05, 0.1) is 0 Å². The molecule has 3 aromatic carbocycles. The summed E-state index contributed by atoms with van der Waals surface area (Å²) in [6.07, 6.45) is 0. The zero-order valence-electron chi connectivity index (χ0n) is 12.2. The molecule has 0 aliphatic rings. The first kappa shape index (κ1) is 17.2. The Morgan fingerprint density at radius 2 is 0.913 bits per heavy atom. The monoisotopic (exact) mass is 473 g/mol. The van der Waals surface area contributed by atoms with Gasteiger partial charge in [0, 0.05) is 0 Å². The number of halogens is 3. The molecule has 0 aliphatic heterocycles. The summed E-state index contributed by atoms with van der Waals surface area (Å²) in [6, 6.07) is 31.4. The minimum absolute atomic E-state index is 0.802. The van der Waals surface area contributed by atoms with Crippen molar-refractivity contribution >= 4 is 44.0 Å². The molecule has 0 atom stereocenters. The van der Waals surface area contributed by atoms with Gasteiger partial charge < -0.3 is 0 Å². The standard InChI is InChI=1S/C18H15Cl2INP/c19-21-22(20)23(16-10-4-1-5-11-16,17-12-6-2-7-13-17)18-14-8-3-9-15-18/h1-15H. The van der Waals surface area contributed by atoms with Crippen LogP contribution in [0.4, 0.5) is 0 Å². The minimum atomic E-state index is -2.13. The zero-order chi connectivity index (χ0) is 16.1. The molecule has 3 aromatic rings. The molecular formula is C18H15Cl2INP. The van der Waals surface area contributed by atoms with E-state index in [0.717, 1.165) is 0 Å². The SMILES string of the molecule is Cl[I-]N(Cl)[P+](c1ccccc1)(c1ccccc1)c1ccccc1. The van der Waals surface area contributed by atoms with E-state index in [9.17, 15) is 0 Å². The van der Waals surface area contributed by atoms with Crippen molar-refractivity contribution in [3.8, 4) is 0 Å².